The van der Waals surface area contributed by atoms with E-state index in [0.717, 1.165) is 59.0 Å². The second-order valence-electron chi connectivity index (χ2n) is 7.77. The van der Waals surface area contributed by atoms with E-state index in [1.807, 2.05) is 13.0 Å². The summed E-state index contributed by atoms with van der Waals surface area (Å²) in [5.74, 6) is -1.12. The van der Waals surface area contributed by atoms with Crippen LogP contribution in [0.4, 0.5) is 0 Å². The molecule has 3 rings (SSSR count). The van der Waals surface area contributed by atoms with Crippen LogP contribution in [0.5, 0.6) is 0 Å². The molecule has 2 amide bonds. The molecule has 1 aromatic heterocycles. The number of amides is 2. The van der Waals surface area contributed by atoms with Crippen LogP contribution in [0.25, 0.3) is 0 Å². The highest BCUT2D eigenvalue weighted by atomic mass is 32.1. The van der Waals surface area contributed by atoms with Gasteiger partial charge in [0.05, 0.1) is 19.3 Å². The molecule has 2 fully saturated rings. The molecule has 0 aromatic carbocycles. The first-order chi connectivity index (χ1) is 14.0. The molecule has 0 saturated carbocycles. The van der Waals surface area contributed by atoms with Crippen molar-refractivity contribution in [2.24, 2.45) is 0 Å². The Bertz CT molecular complexity index is 643. The van der Waals surface area contributed by atoms with Crippen molar-refractivity contribution in [1.82, 2.24) is 25.3 Å². The number of likely N-dealkylation sites (N-methyl/N-ethyl adjacent to an activating group) is 1. The van der Waals surface area contributed by atoms with Gasteiger partial charge in [-0.2, -0.15) is 0 Å². The van der Waals surface area contributed by atoms with Crippen molar-refractivity contribution in [2.75, 3.05) is 72.6 Å². The zero-order chi connectivity index (χ0) is 20.6. The van der Waals surface area contributed by atoms with Crippen LogP contribution in [-0.2, 0) is 14.3 Å². The van der Waals surface area contributed by atoms with Gasteiger partial charge in [0, 0.05) is 63.3 Å². The van der Waals surface area contributed by atoms with E-state index in [0.29, 0.717) is 6.54 Å². The van der Waals surface area contributed by atoms with Crippen LogP contribution in [0.15, 0.2) is 17.5 Å². The molecule has 0 bridgehead atoms. The molecule has 0 aliphatic carbocycles. The summed E-state index contributed by atoms with van der Waals surface area (Å²) in [6.07, 6.45) is 0. The van der Waals surface area contributed by atoms with Gasteiger partial charge < -0.3 is 20.3 Å². The summed E-state index contributed by atoms with van der Waals surface area (Å²) >= 11 is 1.70. The fourth-order valence-corrected chi connectivity index (χ4v) is 4.85. The van der Waals surface area contributed by atoms with Crippen molar-refractivity contribution in [1.29, 1.82) is 0 Å². The van der Waals surface area contributed by atoms with Crippen molar-refractivity contribution < 1.29 is 14.3 Å². The van der Waals surface area contributed by atoms with Crippen LogP contribution in [0, 0.1) is 0 Å². The lowest BCUT2D eigenvalue weighted by atomic mass is 10.0. The maximum Gasteiger partial charge on any atom is 0.309 e. The fourth-order valence-electron chi connectivity index (χ4n) is 3.89. The Labute approximate surface area is 177 Å². The van der Waals surface area contributed by atoms with E-state index in [-0.39, 0.29) is 12.1 Å². The Morgan fingerprint density at radius 1 is 1.14 bits per heavy atom. The summed E-state index contributed by atoms with van der Waals surface area (Å²) in [7, 11) is 2.13. The van der Waals surface area contributed by atoms with Crippen LogP contribution in [0.2, 0.25) is 0 Å². The van der Waals surface area contributed by atoms with E-state index in [9.17, 15) is 9.59 Å². The van der Waals surface area contributed by atoms with Gasteiger partial charge in [0.2, 0.25) is 0 Å². The number of ether oxygens (including phenoxy) is 1. The molecule has 2 saturated heterocycles. The van der Waals surface area contributed by atoms with E-state index < -0.39 is 11.8 Å². The van der Waals surface area contributed by atoms with Crippen molar-refractivity contribution in [3.05, 3.63) is 22.4 Å². The maximum absolute atomic E-state index is 12.5. The third-order valence-electron chi connectivity index (χ3n) is 5.62. The summed E-state index contributed by atoms with van der Waals surface area (Å²) in [5, 5.41) is 7.74. The quantitative estimate of drug-likeness (QED) is 0.601. The summed E-state index contributed by atoms with van der Waals surface area (Å²) in [6, 6.07) is 4.07. The Morgan fingerprint density at radius 3 is 2.52 bits per heavy atom. The highest BCUT2D eigenvalue weighted by Gasteiger charge is 2.31. The molecule has 2 aliphatic rings. The molecule has 2 aliphatic heterocycles. The van der Waals surface area contributed by atoms with E-state index >= 15 is 0 Å². The Morgan fingerprint density at radius 2 is 1.86 bits per heavy atom. The van der Waals surface area contributed by atoms with Crippen molar-refractivity contribution in [2.45, 2.75) is 19.0 Å². The van der Waals surface area contributed by atoms with Crippen LogP contribution in [-0.4, -0.2) is 105 Å². The Balaban J connectivity index is 1.50. The summed E-state index contributed by atoms with van der Waals surface area (Å²) in [5.41, 5.74) is 0. The third-order valence-corrected chi connectivity index (χ3v) is 6.56. The number of morpholine rings is 1. The topological polar surface area (TPSA) is 77.1 Å². The molecular formula is C20H33N5O3S. The highest BCUT2D eigenvalue weighted by molar-refractivity contribution is 7.10. The number of nitrogens with zero attached hydrogens (tertiary/aromatic N) is 3. The number of carbonyl (C=O) groups is 2. The summed E-state index contributed by atoms with van der Waals surface area (Å²) in [6.45, 7) is 10.3. The van der Waals surface area contributed by atoms with Crippen molar-refractivity contribution in [3.8, 4) is 0 Å². The zero-order valence-corrected chi connectivity index (χ0v) is 18.2. The zero-order valence-electron chi connectivity index (χ0n) is 17.4. The van der Waals surface area contributed by atoms with Crippen LogP contribution < -0.4 is 10.6 Å². The van der Waals surface area contributed by atoms with E-state index in [4.69, 9.17) is 4.74 Å². The lowest BCUT2D eigenvalue weighted by Gasteiger charge is -2.40. The average Bonchev–Trinajstić information content (AvgIpc) is 3.24. The first-order valence-electron chi connectivity index (χ1n) is 10.4. The monoisotopic (exact) mass is 423 g/mol. The van der Waals surface area contributed by atoms with Gasteiger partial charge in [-0.3, -0.25) is 19.4 Å². The molecular weight excluding hydrogens is 390 g/mol. The van der Waals surface area contributed by atoms with Gasteiger partial charge in [-0.25, -0.2) is 0 Å². The summed E-state index contributed by atoms with van der Waals surface area (Å²) in [4.78, 5) is 32.9. The van der Waals surface area contributed by atoms with Crippen LogP contribution in [0.1, 0.15) is 17.8 Å². The normalized spacial score (nSPS) is 21.4. The first-order valence-corrected chi connectivity index (χ1v) is 11.3. The minimum absolute atomic E-state index is 0.0776. The van der Waals surface area contributed by atoms with E-state index in [1.54, 1.807) is 11.3 Å². The molecule has 0 unspecified atom stereocenters. The highest BCUT2D eigenvalue weighted by Crippen LogP contribution is 2.29. The van der Waals surface area contributed by atoms with Gasteiger partial charge in [0.25, 0.3) is 0 Å². The number of hydrogen-bond acceptors (Lipinski definition) is 7. The molecule has 0 radical (unpaired) electrons. The number of thiophene rings is 1. The van der Waals surface area contributed by atoms with Crippen LogP contribution >= 0.6 is 11.3 Å². The summed E-state index contributed by atoms with van der Waals surface area (Å²) < 4.78 is 5.32. The average molecular weight is 424 g/mol. The van der Waals surface area contributed by atoms with Crippen molar-refractivity contribution >= 4 is 23.2 Å². The smallest absolute Gasteiger partial charge is 0.309 e. The molecule has 9 heteroatoms. The number of rotatable bonds is 7. The molecule has 3 heterocycles. The number of piperazine rings is 1. The van der Waals surface area contributed by atoms with Crippen molar-refractivity contribution in [3.63, 3.8) is 0 Å². The Kier molecular flexibility index (Phi) is 8.43. The second-order valence-corrected chi connectivity index (χ2v) is 8.75. The fraction of sp³-hybridized carbons (Fsp3) is 0.700. The van der Waals surface area contributed by atoms with Gasteiger partial charge in [0.15, 0.2) is 0 Å². The second kappa shape index (κ2) is 11.0. The molecule has 1 aromatic rings. The number of nitrogens with one attached hydrogen (secondary N) is 2. The van der Waals surface area contributed by atoms with E-state index in [2.05, 4.69) is 43.8 Å². The molecule has 29 heavy (non-hydrogen) atoms. The molecule has 2 N–H and O–H groups in total. The Hall–Kier alpha value is -1.52. The molecule has 8 nitrogen and oxygen atoms in total. The molecule has 2 atom stereocenters. The number of hydrogen-bond donors (Lipinski definition) is 2. The predicted octanol–water partition coefficient (Wildman–Crippen LogP) is -0.0103. The molecule has 162 valence electrons. The third kappa shape index (κ3) is 6.48. The number of carbonyl (C=O) groups excluding carboxylic acids is 2. The lowest BCUT2D eigenvalue weighted by Crippen LogP contribution is -2.53. The van der Waals surface area contributed by atoms with Gasteiger partial charge in [-0.15, -0.1) is 11.3 Å². The maximum atomic E-state index is 12.5. The standard InChI is InChI=1S/C20H33N5O3S/c1-16(18(17-4-3-15-29-17)25-9-7-23(2)8-10-25)22-20(27)19(26)21-5-6-24-11-13-28-14-12-24/h3-4,15-16,18H,5-14H2,1-2H3,(H,21,26)(H,22,27)/t16-,18-/m1/s1. The predicted molar refractivity (Wildman–Crippen MR) is 114 cm³/mol. The SMILES string of the molecule is C[C@@H](NC(=O)C(=O)NCCN1CCOCC1)[C@H](c1cccs1)N1CCN(C)CC1. The van der Waals surface area contributed by atoms with Gasteiger partial charge >= 0.3 is 11.8 Å². The molecule has 0 spiro atoms. The van der Waals surface area contributed by atoms with Gasteiger partial charge in [-0.1, -0.05) is 6.07 Å². The first kappa shape index (κ1) is 22.2. The van der Waals surface area contributed by atoms with Gasteiger partial charge in [0.1, 0.15) is 0 Å². The largest absolute Gasteiger partial charge is 0.379 e. The minimum Gasteiger partial charge on any atom is -0.379 e. The minimum atomic E-state index is -0.562. The lowest BCUT2D eigenvalue weighted by molar-refractivity contribution is -0.139. The van der Waals surface area contributed by atoms with Crippen LogP contribution in [0.3, 0.4) is 0 Å². The van der Waals surface area contributed by atoms with E-state index in [1.165, 1.54) is 4.88 Å². The van der Waals surface area contributed by atoms with Gasteiger partial charge in [-0.05, 0) is 25.4 Å².